The predicted octanol–water partition coefficient (Wildman–Crippen LogP) is 1.74. The molecule has 0 fully saturated rings. The van der Waals surface area contributed by atoms with Crippen LogP contribution in [-0.2, 0) is 6.18 Å². The van der Waals surface area contributed by atoms with Crippen molar-refractivity contribution in [2.45, 2.75) is 6.18 Å². The maximum Gasteiger partial charge on any atom is 0.453 e. The summed E-state index contributed by atoms with van der Waals surface area (Å²) in [6.45, 7) is 0. The van der Waals surface area contributed by atoms with Crippen molar-refractivity contribution in [3.8, 4) is 0 Å². The molecule has 0 spiro atoms. The quantitative estimate of drug-likeness (QED) is 0.690. The SMILES string of the molecule is CNc1ncoc1C(F)(F)F. The summed E-state index contributed by atoms with van der Waals surface area (Å²) in [6, 6.07) is 0. The first-order valence-corrected chi connectivity index (χ1v) is 2.74. The number of aromatic nitrogens is 1. The van der Waals surface area contributed by atoms with E-state index in [-0.39, 0.29) is 5.82 Å². The summed E-state index contributed by atoms with van der Waals surface area (Å²) < 4.78 is 39.8. The predicted molar refractivity (Wildman–Crippen MR) is 31.1 cm³/mol. The Labute approximate surface area is 60.2 Å². The van der Waals surface area contributed by atoms with Gasteiger partial charge in [-0.3, -0.25) is 0 Å². The first-order chi connectivity index (χ1) is 5.05. The van der Waals surface area contributed by atoms with E-state index in [9.17, 15) is 13.2 Å². The van der Waals surface area contributed by atoms with Gasteiger partial charge in [0, 0.05) is 7.05 Å². The van der Waals surface area contributed by atoms with Gasteiger partial charge in [-0.05, 0) is 0 Å². The van der Waals surface area contributed by atoms with Crippen LogP contribution in [0.4, 0.5) is 19.0 Å². The molecule has 0 aromatic carbocycles. The molecular weight excluding hydrogens is 161 g/mol. The normalized spacial score (nSPS) is 11.6. The van der Waals surface area contributed by atoms with Gasteiger partial charge >= 0.3 is 6.18 Å². The molecule has 0 saturated heterocycles. The molecule has 3 nitrogen and oxygen atoms in total. The molecule has 1 heterocycles. The van der Waals surface area contributed by atoms with E-state index >= 15 is 0 Å². The van der Waals surface area contributed by atoms with E-state index in [2.05, 4.69) is 14.7 Å². The second kappa shape index (κ2) is 2.44. The number of hydrogen-bond acceptors (Lipinski definition) is 3. The average molecular weight is 166 g/mol. The lowest BCUT2D eigenvalue weighted by Crippen LogP contribution is -2.06. The Kier molecular flexibility index (Phi) is 1.76. The minimum absolute atomic E-state index is 0.294. The van der Waals surface area contributed by atoms with Gasteiger partial charge in [-0.2, -0.15) is 18.2 Å². The highest BCUT2D eigenvalue weighted by Crippen LogP contribution is 2.33. The van der Waals surface area contributed by atoms with Crippen LogP contribution in [0.1, 0.15) is 5.76 Å². The Hall–Kier alpha value is -1.20. The van der Waals surface area contributed by atoms with Crippen molar-refractivity contribution in [2.24, 2.45) is 0 Å². The van der Waals surface area contributed by atoms with Gasteiger partial charge in [0.1, 0.15) is 0 Å². The molecule has 0 aliphatic carbocycles. The number of oxazole rings is 1. The van der Waals surface area contributed by atoms with Gasteiger partial charge in [0.15, 0.2) is 12.2 Å². The molecule has 62 valence electrons. The maximum absolute atomic E-state index is 11.9. The van der Waals surface area contributed by atoms with E-state index < -0.39 is 11.9 Å². The van der Waals surface area contributed by atoms with E-state index in [1.165, 1.54) is 7.05 Å². The summed E-state index contributed by atoms with van der Waals surface area (Å²) in [5, 5.41) is 2.26. The lowest BCUT2D eigenvalue weighted by Gasteiger charge is -2.02. The standard InChI is InChI=1S/C5H5F3N2O/c1-9-4-3(5(6,7)8)11-2-10-4/h2,9H,1H3. The smallest absolute Gasteiger partial charge is 0.437 e. The van der Waals surface area contributed by atoms with Gasteiger partial charge in [0.25, 0.3) is 5.76 Å². The highest BCUT2D eigenvalue weighted by atomic mass is 19.4. The number of nitrogens with zero attached hydrogens (tertiary/aromatic N) is 1. The van der Waals surface area contributed by atoms with Crippen LogP contribution >= 0.6 is 0 Å². The van der Waals surface area contributed by atoms with E-state index in [4.69, 9.17) is 0 Å². The lowest BCUT2D eigenvalue weighted by atomic mass is 10.4. The summed E-state index contributed by atoms with van der Waals surface area (Å²) in [6.07, 6.45) is -3.73. The Bertz CT molecular complexity index is 242. The van der Waals surface area contributed by atoms with Crippen LogP contribution in [0.15, 0.2) is 10.8 Å². The number of alkyl halides is 3. The van der Waals surface area contributed by atoms with E-state index in [0.717, 1.165) is 6.39 Å². The van der Waals surface area contributed by atoms with Crippen molar-refractivity contribution in [3.05, 3.63) is 12.2 Å². The number of nitrogens with one attached hydrogen (secondary N) is 1. The molecule has 6 heteroatoms. The van der Waals surface area contributed by atoms with Gasteiger partial charge < -0.3 is 9.73 Å². The fourth-order valence-corrected chi connectivity index (χ4v) is 0.625. The zero-order valence-electron chi connectivity index (χ0n) is 5.57. The summed E-state index contributed by atoms with van der Waals surface area (Å²) in [5.74, 6) is -1.39. The molecule has 11 heavy (non-hydrogen) atoms. The van der Waals surface area contributed by atoms with Crippen molar-refractivity contribution in [1.82, 2.24) is 4.98 Å². The minimum atomic E-state index is -4.48. The zero-order chi connectivity index (χ0) is 8.48. The largest absolute Gasteiger partial charge is 0.453 e. The Morgan fingerprint density at radius 2 is 2.18 bits per heavy atom. The Balaban J connectivity index is 3.02. The Morgan fingerprint density at radius 3 is 2.55 bits per heavy atom. The molecule has 0 aliphatic heterocycles. The third-order valence-corrected chi connectivity index (χ3v) is 1.06. The van der Waals surface area contributed by atoms with Crippen molar-refractivity contribution in [1.29, 1.82) is 0 Å². The third kappa shape index (κ3) is 1.44. The molecule has 0 unspecified atom stereocenters. The molecule has 1 N–H and O–H groups in total. The molecule has 0 saturated carbocycles. The second-order valence-electron chi connectivity index (χ2n) is 1.78. The second-order valence-corrected chi connectivity index (χ2v) is 1.78. The highest BCUT2D eigenvalue weighted by molar-refractivity contribution is 5.38. The van der Waals surface area contributed by atoms with Crippen LogP contribution in [0.2, 0.25) is 0 Å². The molecule has 1 aromatic rings. The molecule has 0 radical (unpaired) electrons. The maximum atomic E-state index is 11.9. The van der Waals surface area contributed by atoms with Gasteiger partial charge in [-0.15, -0.1) is 0 Å². The van der Waals surface area contributed by atoms with Gasteiger partial charge in [-0.25, -0.2) is 0 Å². The van der Waals surface area contributed by atoms with E-state index in [1.807, 2.05) is 0 Å². The topological polar surface area (TPSA) is 38.1 Å². The van der Waals surface area contributed by atoms with Crippen LogP contribution < -0.4 is 5.32 Å². The number of anilines is 1. The first-order valence-electron chi connectivity index (χ1n) is 2.74. The van der Waals surface area contributed by atoms with Gasteiger partial charge in [-0.1, -0.05) is 0 Å². The van der Waals surface area contributed by atoms with Gasteiger partial charge in [0.05, 0.1) is 0 Å². The monoisotopic (exact) mass is 166 g/mol. The fourth-order valence-electron chi connectivity index (χ4n) is 0.625. The highest BCUT2D eigenvalue weighted by Gasteiger charge is 2.38. The summed E-state index contributed by atoms with van der Waals surface area (Å²) in [7, 11) is 1.34. The number of halogens is 3. The molecule has 0 atom stereocenters. The fraction of sp³-hybridized carbons (Fsp3) is 0.400. The molecule has 1 aromatic heterocycles. The number of hydrogen-bond donors (Lipinski definition) is 1. The Morgan fingerprint density at radius 1 is 1.55 bits per heavy atom. The summed E-state index contributed by atoms with van der Waals surface area (Å²) in [4.78, 5) is 3.30. The van der Waals surface area contributed by atoms with Crippen LogP contribution in [0.3, 0.4) is 0 Å². The lowest BCUT2D eigenvalue weighted by molar-refractivity contribution is -0.152. The summed E-state index contributed by atoms with van der Waals surface area (Å²) in [5.41, 5.74) is 0. The van der Waals surface area contributed by atoms with E-state index in [0.29, 0.717) is 0 Å². The van der Waals surface area contributed by atoms with Crippen LogP contribution in [0.5, 0.6) is 0 Å². The first kappa shape index (κ1) is 7.90. The molecule has 0 amide bonds. The molecule has 1 rings (SSSR count). The minimum Gasteiger partial charge on any atom is -0.437 e. The van der Waals surface area contributed by atoms with E-state index in [1.54, 1.807) is 0 Å². The number of rotatable bonds is 1. The van der Waals surface area contributed by atoms with Crippen molar-refractivity contribution in [2.75, 3.05) is 12.4 Å². The molecule has 0 bridgehead atoms. The average Bonchev–Trinajstić information content (AvgIpc) is 2.31. The van der Waals surface area contributed by atoms with Crippen LogP contribution in [0.25, 0.3) is 0 Å². The zero-order valence-corrected chi connectivity index (χ0v) is 5.57. The van der Waals surface area contributed by atoms with Crippen molar-refractivity contribution >= 4 is 5.82 Å². The van der Waals surface area contributed by atoms with Crippen molar-refractivity contribution in [3.63, 3.8) is 0 Å². The summed E-state index contributed by atoms with van der Waals surface area (Å²) >= 11 is 0. The molecular formula is C5H5F3N2O. The van der Waals surface area contributed by atoms with Crippen molar-refractivity contribution < 1.29 is 17.6 Å². The van der Waals surface area contributed by atoms with Crippen LogP contribution in [0, 0.1) is 0 Å². The van der Waals surface area contributed by atoms with Crippen LogP contribution in [-0.4, -0.2) is 12.0 Å². The third-order valence-electron chi connectivity index (χ3n) is 1.06. The van der Waals surface area contributed by atoms with Gasteiger partial charge in [0.2, 0.25) is 0 Å². The molecule has 0 aliphatic rings.